The summed E-state index contributed by atoms with van der Waals surface area (Å²) in [5, 5.41) is 8.81. The van der Waals surface area contributed by atoms with E-state index in [2.05, 4.69) is 0 Å². The van der Waals surface area contributed by atoms with Crippen LogP contribution in [0.1, 0.15) is 30.4 Å². The standard InChI is InChI=1S/C11H11F3O3/c1-5(11(15)16)7-3-6(12)4-8(10(13)14)9(7)17-2/h3-5,10H,1-2H3,(H,15,16). The normalized spacial score (nSPS) is 12.6. The average molecular weight is 248 g/mol. The molecule has 0 bridgehead atoms. The van der Waals surface area contributed by atoms with E-state index in [0.29, 0.717) is 6.07 Å². The van der Waals surface area contributed by atoms with Crippen LogP contribution in [0.5, 0.6) is 5.75 Å². The third-order valence-corrected chi connectivity index (χ3v) is 2.39. The van der Waals surface area contributed by atoms with Gasteiger partial charge in [-0.3, -0.25) is 4.79 Å². The fraction of sp³-hybridized carbons (Fsp3) is 0.364. The third kappa shape index (κ3) is 2.69. The maximum absolute atomic E-state index is 13.1. The van der Waals surface area contributed by atoms with E-state index in [4.69, 9.17) is 9.84 Å². The molecule has 0 aliphatic carbocycles. The summed E-state index contributed by atoms with van der Waals surface area (Å²) >= 11 is 0. The number of alkyl halides is 2. The van der Waals surface area contributed by atoms with E-state index in [9.17, 15) is 18.0 Å². The van der Waals surface area contributed by atoms with Gasteiger partial charge in [0, 0.05) is 5.56 Å². The second-order valence-electron chi connectivity index (χ2n) is 3.48. The van der Waals surface area contributed by atoms with Crippen molar-refractivity contribution in [2.45, 2.75) is 19.3 Å². The van der Waals surface area contributed by atoms with Gasteiger partial charge in [0.05, 0.1) is 18.6 Å². The van der Waals surface area contributed by atoms with Crippen LogP contribution in [0.4, 0.5) is 13.2 Å². The molecule has 0 aromatic heterocycles. The molecule has 1 atom stereocenters. The van der Waals surface area contributed by atoms with Crippen LogP contribution in [0.15, 0.2) is 12.1 Å². The number of methoxy groups -OCH3 is 1. The van der Waals surface area contributed by atoms with Gasteiger partial charge in [-0.05, 0) is 19.1 Å². The van der Waals surface area contributed by atoms with Crippen molar-refractivity contribution in [2.75, 3.05) is 7.11 Å². The van der Waals surface area contributed by atoms with Crippen LogP contribution >= 0.6 is 0 Å². The molecule has 17 heavy (non-hydrogen) atoms. The van der Waals surface area contributed by atoms with Crippen LogP contribution in [0.25, 0.3) is 0 Å². The van der Waals surface area contributed by atoms with Crippen molar-refractivity contribution in [1.29, 1.82) is 0 Å². The van der Waals surface area contributed by atoms with E-state index < -0.39 is 29.7 Å². The highest BCUT2D eigenvalue weighted by Gasteiger charge is 2.25. The number of ether oxygens (including phenoxy) is 1. The van der Waals surface area contributed by atoms with Crippen LogP contribution in [0.3, 0.4) is 0 Å². The van der Waals surface area contributed by atoms with Gasteiger partial charge in [0.2, 0.25) is 0 Å². The van der Waals surface area contributed by atoms with Crippen LogP contribution in [0, 0.1) is 5.82 Å². The van der Waals surface area contributed by atoms with Crippen LogP contribution in [-0.2, 0) is 4.79 Å². The highest BCUT2D eigenvalue weighted by molar-refractivity contribution is 5.77. The van der Waals surface area contributed by atoms with Gasteiger partial charge in [-0.1, -0.05) is 0 Å². The van der Waals surface area contributed by atoms with E-state index in [0.717, 1.165) is 13.2 Å². The van der Waals surface area contributed by atoms with E-state index >= 15 is 0 Å². The van der Waals surface area contributed by atoms with E-state index in [1.165, 1.54) is 6.92 Å². The minimum absolute atomic E-state index is 0.102. The number of aliphatic carboxylic acids is 1. The average Bonchev–Trinajstić information content (AvgIpc) is 2.26. The van der Waals surface area contributed by atoms with Crippen LogP contribution in [0.2, 0.25) is 0 Å². The fourth-order valence-electron chi connectivity index (χ4n) is 1.49. The molecule has 0 radical (unpaired) electrons. The molecule has 1 rings (SSSR count). The Balaban J connectivity index is 3.43. The largest absolute Gasteiger partial charge is 0.496 e. The first-order chi connectivity index (χ1) is 7.88. The van der Waals surface area contributed by atoms with Crippen molar-refractivity contribution >= 4 is 5.97 Å². The Morgan fingerprint density at radius 2 is 1.88 bits per heavy atom. The Morgan fingerprint density at radius 1 is 1.35 bits per heavy atom. The molecule has 6 heteroatoms. The zero-order valence-electron chi connectivity index (χ0n) is 9.21. The molecule has 1 N–H and O–H groups in total. The minimum Gasteiger partial charge on any atom is -0.496 e. The molecule has 0 spiro atoms. The zero-order chi connectivity index (χ0) is 13.2. The summed E-state index contributed by atoms with van der Waals surface area (Å²) in [7, 11) is 1.14. The first-order valence-corrected chi connectivity index (χ1v) is 4.76. The van der Waals surface area contributed by atoms with E-state index in [1.807, 2.05) is 0 Å². The second kappa shape index (κ2) is 5.07. The molecule has 94 valence electrons. The summed E-state index contributed by atoms with van der Waals surface area (Å²) in [6.07, 6.45) is -2.93. The van der Waals surface area contributed by atoms with E-state index in [1.54, 1.807) is 0 Å². The number of hydrogen-bond donors (Lipinski definition) is 1. The Bertz CT molecular complexity index is 432. The van der Waals surface area contributed by atoms with Crippen molar-refractivity contribution in [1.82, 2.24) is 0 Å². The predicted octanol–water partition coefficient (Wildman–Crippen LogP) is 2.96. The fourth-order valence-corrected chi connectivity index (χ4v) is 1.49. The lowest BCUT2D eigenvalue weighted by Crippen LogP contribution is -2.11. The molecule has 0 saturated heterocycles. The topological polar surface area (TPSA) is 46.5 Å². The maximum Gasteiger partial charge on any atom is 0.310 e. The monoisotopic (exact) mass is 248 g/mol. The quantitative estimate of drug-likeness (QED) is 0.891. The maximum atomic E-state index is 13.1. The van der Waals surface area contributed by atoms with Crippen molar-refractivity contribution in [3.8, 4) is 5.75 Å². The summed E-state index contributed by atoms with van der Waals surface area (Å²) in [6, 6.07) is 1.53. The molecule has 0 fully saturated rings. The molecular formula is C11H11F3O3. The van der Waals surface area contributed by atoms with Crippen molar-refractivity contribution in [3.63, 3.8) is 0 Å². The highest BCUT2D eigenvalue weighted by atomic mass is 19.3. The lowest BCUT2D eigenvalue weighted by Gasteiger charge is -2.16. The minimum atomic E-state index is -2.93. The molecular weight excluding hydrogens is 237 g/mol. The number of halogens is 3. The summed E-state index contributed by atoms with van der Waals surface area (Å²) in [5.41, 5.74) is -0.745. The molecule has 0 aliphatic heterocycles. The molecule has 0 amide bonds. The predicted molar refractivity (Wildman–Crippen MR) is 54.0 cm³/mol. The Labute approximate surface area is 95.8 Å². The number of carbonyl (C=O) groups is 1. The first kappa shape index (κ1) is 13.3. The van der Waals surface area contributed by atoms with Gasteiger partial charge >= 0.3 is 5.97 Å². The molecule has 1 unspecified atom stereocenters. The Kier molecular flexibility index (Phi) is 3.98. The number of carboxylic acids is 1. The number of rotatable bonds is 4. The molecule has 0 saturated carbocycles. The van der Waals surface area contributed by atoms with Gasteiger partial charge in [-0.25, -0.2) is 13.2 Å². The summed E-state index contributed by atoms with van der Waals surface area (Å²) in [6.45, 7) is 1.27. The molecule has 0 heterocycles. The van der Waals surface area contributed by atoms with Gasteiger partial charge in [0.1, 0.15) is 11.6 Å². The SMILES string of the molecule is COc1c(C(F)F)cc(F)cc1C(C)C(=O)O. The van der Waals surface area contributed by atoms with Gasteiger partial charge in [-0.15, -0.1) is 0 Å². The Morgan fingerprint density at radius 3 is 2.29 bits per heavy atom. The van der Waals surface area contributed by atoms with Crippen molar-refractivity contribution < 1.29 is 27.8 Å². The highest BCUT2D eigenvalue weighted by Crippen LogP contribution is 2.36. The lowest BCUT2D eigenvalue weighted by atomic mass is 9.97. The summed E-state index contributed by atoms with van der Waals surface area (Å²) in [4.78, 5) is 10.8. The molecule has 0 aliphatic rings. The summed E-state index contributed by atoms with van der Waals surface area (Å²) < 4.78 is 43.2. The van der Waals surface area contributed by atoms with Gasteiger partial charge in [0.15, 0.2) is 0 Å². The molecule has 1 aromatic carbocycles. The number of hydrogen-bond acceptors (Lipinski definition) is 2. The number of carboxylic acid groups (broad SMARTS) is 1. The number of benzene rings is 1. The third-order valence-electron chi connectivity index (χ3n) is 2.39. The van der Waals surface area contributed by atoms with Gasteiger partial charge in [-0.2, -0.15) is 0 Å². The summed E-state index contributed by atoms with van der Waals surface area (Å²) in [5.74, 6) is -3.56. The van der Waals surface area contributed by atoms with Crippen molar-refractivity contribution in [2.24, 2.45) is 0 Å². The molecule has 1 aromatic rings. The van der Waals surface area contributed by atoms with Crippen LogP contribution in [-0.4, -0.2) is 18.2 Å². The van der Waals surface area contributed by atoms with E-state index in [-0.39, 0.29) is 11.3 Å². The smallest absolute Gasteiger partial charge is 0.310 e. The first-order valence-electron chi connectivity index (χ1n) is 4.76. The second-order valence-corrected chi connectivity index (χ2v) is 3.48. The van der Waals surface area contributed by atoms with Crippen molar-refractivity contribution in [3.05, 3.63) is 29.1 Å². The van der Waals surface area contributed by atoms with Gasteiger partial charge < -0.3 is 9.84 Å². The van der Waals surface area contributed by atoms with Crippen LogP contribution < -0.4 is 4.74 Å². The lowest BCUT2D eigenvalue weighted by molar-refractivity contribution is -0.138. The molecule has 3 nitrogen and oxygen atoms in total. The Hall–Kier alpha value is -1.72. The zero-order valence-corrected chi connectivity index (χ0v) is 9.21. The van der Waals surface area contributed by atoms with Gasteiger partial charge in [0.25, 0.3) is 6.43 Å².